The number of nitriles is 1. The molecule has 0 bridgehead atoms. The van der Waals surface area contributed by atoms with Crippen LogP contribution in [0, 0.1) is 23.0 Å². The molecule has 0 unspecified atom stereocenters. The van der Waals surface area contributed by atoms with Crippen molar-refractivity contribution in [3.63, 3.8) is 0 Å². The van der Waals surface area contributed by atoms with Crippen LogP contribution in [0.15, 0.2) is 66.9 Å². The number of aliphatic hydroxyl groups is 1. The van der Waals surface area contributed by atoms with Crippen LogP contribution >= 0.6 is 0 Å². The van der Waals surface area contributed by atoms with Gasteiger partial charge in [-0.1, -0.05) is 25.5 Å². The third-order valence-electron chi connectivity index (χ3n) is 7.53. The number of halogens is 2. The molecule has 0 aliphatic rings. The summed E-state index contributed by atoms with van der Waals surface area (Å²) in [6, 6.07) is 15.9. The summed E-state index contributed by atoms with van der Waals surface area (Å²) in [5, 5.41) is 27.1. The van der Waals surface area contributed by atoms with Gasteiger partial charge in [0.25, 0.3) is 5.91 Å². The highest BCUT2D eigenvalue weighted by molar-refractivity contribution is 6.09. The number of unbranched alkanes of at least 4 members (excludes halogenated alkanes) is 1. The number of benzene rings is 3. The Balaban J connectivity index is 1.62. The Labute approximate surface area is 261 Å². The van der Waals surface area contributed by atoms with E-state index in [0.29, 0.717) is 35.3 Å². The minimum Gasteiger partial charge on any atom is -0.497 e. The molecule has 11 heteroatoms. The number of nitrogens with one attached hydrogen (secondary N) is 2. The normalized spacial score (nSPS) is 12.4. The number of fused-ring (bicyclic) bond motifs is 1. The predicted molar refractivity (Wildman–Crippen MR) is 167 cm³/mol. The molecule has 4 aromatic rings. The molecule has 0 aliphatic carbocycles. The van der Waals surface area contributed by atoms with Gasteiger partial charge in [-0.05, 0) is 66.4 Å². The fraction of sp³-hybridized carbons (Fsp3) is 0.324. The van der Waals surface area contributed by atoms with E-state index in [-0.39, 0.29) is 30.1 Å². The summed E-state index contributed by atoms with van der Waals surface area (Å²) in [4.78, 5) is 28.7. The molecule has 0 saturated carbocycles. The lowest BCUT2D eigenvalue weighted by molar-refractivity contribution is 0.0831. The van der Waals surface area contributed by atoms with Gasteiger partial charge in [-0.3, -0.25) is 9.36 Å². The number of ether oxygens (including phenoxy) is 1. The number of nitrogens with zero attached hydrogens (tertiary/aromatic N) is 3. The molecule has 9 nitrogen and oxygen atoms in total. The number of hydrogen-bond acceptors (Lipinski definition) is 6. The van der Waals surface area contributed by atoms with Crippen molar-refractivity contribution >= 4 is 22.8 Å². The van der Waals surface area contributed by atoms with Gasteiger partial charge < -0.3 is 25.4 Å². The van der Waals surface area contributed by atoms with Crippen LogP contribution in [0.25, 0.3) is 10.9 Å². The molecular formula is C34H37F2N5O4. The summed E-state index contributed by atoms with van der Waals surface area (Å²) in [5.74, 6) is -1.49. The fourth-order valence-corrected chi connectivity index (χ4v) is 5.11. The molecule has 0 fully saturated rings. The number of aliphatic hydroxyl groups excluding tert-OH is 1. The summed E-state index contributed by atoms with van der Waals surface area (Å²) in [7, 11) is 3.24. The smallest absolute Gasteiger partial charge is 0.328 e. The number of rotatable bonds is 13. The number of amides is 2. The second-order valence-electron chi connectivity index (χ2n) is 10.9. The molecule has 4 rings (SSSR count). The average molecular weight is 618 g/mol. The highest BCUT2D eigenvalue weighted by atomic mass is 19.1. The Morgan fingerprint density at radius 1 is 1.09 bits per heavy atom. The van der Waals surface area contributed by atoms with Gasteiger partial charge in [0.1, 0.15) is 17.4 Å². The van der Waals surface area contributed by atoms with E-state index in [1.165, 1.54) is 16.8 Å². The van der Waals surface area contributed by atoms with Crippen molar-refractivity contribution in [3.8, 4) is 11.8 Å². The first kappa shape index (κ1) is 33.1. The molecule has 3 aromatic carbocycles. The van der Waals surface area contributed by atoms with Crippen molar-refractivity contribution < 1.29 is 28.2 Å². The lowest BCUT2D eigenvalue weighted by Gasteiger charge is -2.25. The molecule has 45 heavy (non-hydrogen) atoms. The summed E-state index contributed by atoms with van der Waals surface area (Å²) in [5.41, 5.74) is 2.01. The van der Waals surface area contributed by atoms with Gasteiger partial charge in [0.15, 0.2) is 0 Å². The third-order valence-corrected chi connectivity index (χ3v) is 7.53. The zero-order chi connectivity index (χ0) is 32.5. The van der Waals surface area contributed by atoms with Crippen LogP contribution in [0.3, 0.4) is 0 Å². The molecule has 0 saturated heterocycles. The molecule has 0 radical (unpaired) electrons. The fourth-order valence-electron chi connectivity index (χ4n) is 5.11. The Bertz CT molecular complexity index is 1680. The van der Waals surface area contributed by atoms with E-state index in [2.05, 4.69) is 16.7 Å². The first-order valence-corrected chi connectivity index (χ1v) is 14.7. The van der Waals surface area contributed by atoms with Gasteiger partial charge in [-0.15, -0.1) is 0 Å². The van der Waals surface area contributed by atoms with Crippen LogP contribution < -0.4 is 15.4 Å². The third kappa shape index (κ3) is 8.44. The maximum atomic E-state index is 14.0. The first-order chi connectivity index (χ1) is 21.6. The molecule has 1 heterocycles. The maximum absolute atomic E-state index is 14.0. The van der Waals surface area contributed by atoms with Crippen molar-refractivity contribution in [2.45, 2.75) is 44.9 Å². The Morgan fingerprint density at radius 3 is 2.53 bits per heavy atom. The molecule has 1 aromatic heterocycles. The molecule has 236 valence electrons. The lowest BCUT2D eigenvalue weighted by Crippen LogP contribution is -2.48. The van der Waals surface area contributed by atoms with Gasteiger partial charge in [0.2, 0.25) is 0 Å². The van der Waals surface area contributed by atoms with Crippen LogP contribution in [0.2, 0.25) is 0 Å². The monoisotopic (exact) mass is 617 g/mol. The Morgan fingerprint density at radius 2 is 1.84 bits per heavy atom. The quantitative estimate of drug-likeness (QED) is 0.195. The van der Waals surface area contributed by atoms with E-state index in [1.807, 2.05) is 31.2 Å². The average Bonchev–Trinajstić information content (AvgIpc) is 3.41. The molecule has 2 atom stereocenters. The van der Waals surface area contributed by atoms with Crippen LogP contribution in [0.5, 0.6) is 5.75 Å². The van der Waals surface area contributed by atoms with Gasteiger partial charge >= 0.3 is 6.03 Å². The van der Waals surface area contributed by atoms with Crippen molar-refractivity contribution in [2.75, 3.05) is 27.2 Å². The van der Waals surface area contributed by atoms with E-state index in [4.69, 9.17) is 4.74 Å². The van der Waals surface area contributed by atoms with Gasteiger partial charge in [0, 0.05) is 44.3 Å². The summed E-state index contributed by atoms with van der Waals surface area (Å²) < 4.78 is 34.7. The highest BCUT2D eigenvalue weighted by Gasteiger charge is 2.26. The second kappa shape index (κ2) is 15.3. The Kier molecular flexibility index (Phi) is 11.2. The predicted octanol–water partition coefficient (Wildman–Crippen LogP) is 4.99. The maximum Gasteiger partial charge on any atom is 0.328 e. The SMILES string of the molecule is CCCCN(C)C(=O)n1cc(C(=O)N[C@@H](Cc2cc(F)cc(F)c2)[C@H](O)CNCc2cccc(OC)c2)c2cc(C#N)ccc21. The summed E-state index contributed by atoms with van der Waals surface area (Å²) in [6.07, 6.45) is 1.87. The van der Waals surface area contributed by atoms with E-state index in [9.17, 15) is 28.7 Å². The highest BCUT2D eigenvalue weighted by Crippen LogP contribution is 2.24. The van der Waals surface area contributed by atoms with E-state index in [1.54, 1.807) is 31.2 Å². The molecule has 0 spiro atoms. The van der Waals surface area contributed by atoms with Crippen molar-refractivity contribution in [3.05, 3.63) is 101 Å². The zero-order valence-corrected chi connectivity index (χ0v) is 25.5. The number of carbonyl (C=O) groups is 2. The van der Waals surface area contributed by atoms with E-state index in [0.717, 1.165) is 36.6 Å². The van der Waals surface area contributed by atoms with Gasteiger partial charge in [0.05, 0.1) is 42.0 Å². The van der Waals surface area contributed by atoms with Crippen LogP contribution in [-0.2, 0) is 13.0 Å². The summed E-state index contributed by atoms with van der Waals surface area (Å²) >= 11 is 0. The van der Waals surface area contributed by atoms with Crippen LogP contribution in [0.1, 0.15) is 46.8 Å². The van der Waals surface area contributed by atoms with Crippen molar-refractivity contribution in [1.29, 1.82) is 5.26 Å². The van der Waals surface area contributed by atoms with Gasteiger partial charge in [-0.2, -0.15) is 5.26 Å². The van der Waals surface area contributed by atoms with Gasteiger partial charge in [-0.25, -0.2) is 13.6 Å². The standard InChI is InChI=1S/C34H37F2N5O4/c1-4-5-11-40(2)34(44)41-21-29(28-15-22(18-37)9-10-31(28)41)33(43)39-30(16-24-12-25(35)17-26(36)13-24)32(42)20-38-19-23-7-6-8-27(14-23)45-3/h6-10,12-15,17,21,30,32,38,42H,4-5,11,16,19-20H2,1-3H3,(H,39,43)/t30-,32+/m0/s1. The number of aromatic nitrogens is 1. The topological polar surface area (TPSA) is 120 Å². The Hall–Kier alpha value is -4.79. The number of carbonyl (C=O) groups excluding carboxylic acids is 2. The minimum absolute atomic E-state index is 0.0427. The number of methoxy groups -OCH3 is 1. The van der Waals surface area contributed by atoms with E-state index >= 15 is 0 Å². The van der Waals surface area contributed by atoms with Crippen LogP contribution in [-0.4, -0.2) is 65.9 Å². The summed E-state index contributed by atoms with van der Waals surface area (Å²) in [6.45, 7) is 2.98. The van der Waals surface area contributed by atoms with Crippen LogP contribution in [0.4, 0.5) is 13.6 Å². The number of hydrogen-bond donors (Lipinski definition) is 3. The van der Waals surface area contributed by atoms with Crippen molar-refractivity contribution in [2.24, 2.45) is 0 Å². The molecule has 0 aliphatic heterocycles. The van der Waals surface area contributed by atoms with E-state index < -0.39 is 29.7 Å². The minimum atomic E-state index is -1.17. The molecular weight excluding hydrogens is 580 g/mol. The molecule has 2 amide bonds. The lowest BCUT2D eigenvalue weighted by atomic mass is 9.99. The molecule has 3 N–H and O–H groups in total. The largest absolute Gasteiger partial charge is 0.497 e. The van der Waals surface area contributed by atoms with Crippen molar-refractivity contribution in [1.82, 2.24) is 20.1 Å². The first-order valence-electron chi connectivity index (χ1n) is 14.7. The zero-order valence-electron chi connectivity index (χ0n) is 25.5. The second-order valence-corrected chi connectivity index (χ2v) is 10.9.